The maximum atomic E-state index is 12.2. The van der Waals surface area contributed by atoms with Gasteiger partial charge in [-0.2, -0.15) is 0 Å². The summed E-state index contributed by atoms with van der Waals surface area (Å²) in [6.45, 7) is -9.70. The predicted octanol–water partition coefficient (Wildman–Crippen LogP) is 1.00. The maximum Gasteiger partial charge on any atom is 0.307 e. The number of halogens is 1. The van der Waals surface area contributed by atoms with Gasteiger partial charge in [-0.25, -0.2) is 0 Å². The number of unbranched alkanes of at least 4 members (excludes halogenated alkanes) is 8. The Labute approximate surface area is 172 Å². The molecule has 5 nitrogen and oxygen atoms in total. The third-order valence-electron chi connectivity index (χ3n) is 3.66. The van der Waals surface area contributed by atoms with Crippen molar-refractivity contribution in [2.24, 2.45) is 0 Å². The summed E-state index contributed by atoms with van der Waals surface area (Å²) >= 11 is 0. The van der Waals surface area contributed by atoms with Crippen LogP contribution >= 0.6 is 0 Å². The lowest BCUT2D eigenvalue weighted by Crippen LogP contribution is -3.00. The topological polar surface area (TPSA) is 63.6 Å². The van der Waals surface area contributed by atoms with E-state index < -0.39 is 56.4 Å². The first-order valence-electron chi connectivity index (χ1n) is 13.3. The van der Waals surface area contributed by atoms with Gasteiger partial charge >= 0.3 is 11.9 Å². The van der Waals surface area contributed by atoms with E-state index in [0.29, 0.717) is 6.42 Å². The van der Waals surface area contributed by atoms with Crippen LogP contribution in [-0.2, 0) is 14.3 Å². The third-order valence-corrected chi connectivity index (χ3v) is 3.66. The van der Waals surface area contributed by atoms with E-state index in [-0.39, 0.29) is 18.8 Å². The zero-order valence-electron chi connectivity index (χ0n) is 24.1. The highest BCUT2D eigenvalue weighted by molar-refractivity contribution is 5.71. The molecular formula is C19H38ClNO4. The molecule has 0 unspecified atom stereocenters. The van der Waals surface area contributed by atoms with Gasteiger partial charge in [-0.3, -0.25) is 9.59 Å². The van der Waals surface area contributed by atoms with Crippen molar-refractivity contribution in [1.82, 2.24) is 0 Å². The number of hydrogen-bond acceptors (Lipinski definition) is 3. The van der Waals surface area contributed by atoms with Crippen molar-refractivity contribution in [1.29, 1.82) is 0 Å². The van der Waals surface area contributed by atoms with Gasteiger partial charge in [0, 0.05) is 6.42 Å². The fourth-order valence-electron chi connectivity index (χ4n) is 2.47. The Kier molecular flexibility index (Phi) is 8.26. The fraction of sp³-hybridized carbons (Fsp3) is 0.895. The summed E-state index contributed by atoms with van der Waals surface area (Å²) in [5.74, 6) is -2.29. The molecule has 0 aliphatic carbocycles. The third kappa shape index (κ3) is 19.4. The Morgan fingerprint density at radius 2 is 1.52 bits per heavy atom. The Hall–Kier alpha value is -0.810. The van der Waals surface area contributed by atoms with Crippen LogP contribution in [0.2, 0.25) is 0 Å². The molecule has 0 spiro atoms. The Bertz CT molecular complexity index is 574. The maximum absolute atomic E-state index is 12.2. The van der Waals surface area contributed by atoms with Gasteiger partial charge in [-0.1, -0.05) is 58.3 Å². The number of hydrogen-bond donors (Lipinski definition) is 1. The summed E-state index contributed by atoms with van der Waals surface area (Å²) < 4.78 is 71.4. The number of aliphatic carboxylic acids is 1. The van der Waals surface area contributed by atoms with Crippen molar-refractivity contribution in [2.45, 2.75) is 83.7 Å². The second-order valence-corrected chi connectivity index (χ2v) is 6.28. The predicted molar refractivity (Wildman–Crippen MR) is 96.9 cm³/mol. The van der Waals surface area contributed by atoms with Crippen LogP contribution in [-0.4, -0.2) is 55.1 Å². The van der Waals surface area contributed by atoms with Crippen molar-refractivity contribution in [2.75, 3.05) is 27.5 Å². The van der Waals surface area contributed by atoms with E-state index in [1.807, 2.05) is 0 Å². The van der Waals surface area contributed by atoms with Crippen LogP contribution in [0, 0.1) is 0 Å². The molecule has 1 N–H and O–H groups in total. The Morgan fingerprint density at radius 1 is 1.00 bits per heavy atom. The molecule has 6 heteroatoms. The molecule has 0 aliphatic heterocycles. The number of esters is 1. The first-order valence-corrected chi connectivity index (χ1v) is 8.79. The number of carboxylic acids is 1. The fourth-order valence-corrected chi connectivity index (χ4v) is 2.47. The van der Waals surface area contributed by atoms with Crippen LogP contribution in [0.25, 0.3) is 0 Å². The summed E-state index contributed by atoms with van der Waals surface area (Å²) in [7, 11) is 0. The van der Waals surface area contributed by atoms with Gasteiger partial charge in [-0.15, -0.1) is 0 Å². The van der Waals surface area contributed by atoms with E-state index >= 15 is 0 Å². The molecule has 0 amide bonds. The lowest BCUT2D eigenvalue weighted by atomic mass is 10.1. The Morgan fingerprint density at radius 3 is 2.00 bits per heavy atom. The second-order valence-electron chi connectivity index (χ2n) is 6.28. The minimum Gasteiger partial charge on any atom is -1.00 e. The van der Waals surface area contributed by atoms with Gasteiger partial charge in [-0.05, 0) is 6.42 Å². The largest absolute Gasteiger partial charge is 1.00 e. The molecule has 0 aromatic rings. The number of quaternary nitrogens is 1. The molecule has 0 aromatic carbocycles. The molecule has 25 heavy (non-hydrogen) atoms. The first-order chi connectivity index (χ1) is 15.0. The molecule has 0 rings (SSSR count). The molecule has 0 heterocycles. The average Bonchev–Trinajstić information content (AvgIpc) is 2.61. The molecular weight excluding hydrogens is 342 g/mol. The SMILES string of the molecule is [2H]C([2H])([2H])[N+](C[C@@H](CC(=O)O)OC(=O)CCCCCCCCCCC)(C([2H])([2H])[2H])C([2H])([2H])[2H].[Cl-]. The second kappa shape index (κ2) is 15.4. The van der Waals surface area contributed by atoms with Gasteiger partial charge in [0.15, 0.2) is 6.10 Å². The minimum absolute atomic E-state index is 0. The van der Waals surface area contributed by atoms with E-state index in [1.165, 1.54) is 25.7 Å². The molecule has 1 atom stereocenters. The lowest BCUT2D eigenvalue weighted by Gasteiger charge is -2.28. The van der Waals surface area contributed by atoms with Crippen molar-refractivity contribution >= 4 is 11.9 Å². The van der Waals surface area contributed by atoms with Gasteiger partial charge in [0.2, 0.25) is 0 Å². The van der Waals surface area contributed by atoms with E-state index in [2.05, 4.69) is 6.92 Å². The van der Waals surface area contributed by atoms with Crippen molar-refractivity contribution in [3.63, 3.8) is 0 Å². The van der Waals surface area contributed by atoms with Crippen molar-refractivity contribution < 1.29 is 48.7 Å². The number of carbonyl (C=O) groups excluding carboxylic acids is 1. The van der Waals surface area contributed by atoms with Crippen LogP contribution in [0.3, 0.4) is 0 Å². The van der Waals surface area contributed by atoms with Crippen LogP contribution < -0.4 is 12.4 Å². The summed E-state index contributed by atoms with van der Waals surface area (Å²) in [4.78, 5) is 23.5. The highest BCUT2D eigenvalue weighted by atomic mass is 35.5. The van der Waals surface area contributed by atoms with Crippen LogP contribution in [0.4, 0.5) is 0 Å². The van der Waals surface area contributed by atoms with Crippen LogP contribution in [0.1, 0.15) is 89.9 Å². The summed E-state index contributed by atoms with van der Waals surface area (Å²) in [6, 6.07) is 0. The lowest BCUT2D eigenvalue weighted by molar-refractivity contribution is -0.873. The summed E-state index contributed by atoms with van der Waals surface area (Å²) in [5, 5.41) is 9.13. The van der Waals surface area contributed by atoms with Crippen molar-refractivity contribution in [3.8, 4) is 0 Å². The Balaban J connectivity index is 0. The molecule has 0 aromatic heterocycles. The minimum atomic E-state index is -3.54. The molecule has 0 bridgehead atoms. The standard InChI is InChI=1S/C19H37NO4.ClH/c1-5-6-7-8-9-10-11-12-13-14-19(23)24-17(15-18(21)22)16-20(2,3)4;/h17H,5-16H2,1-4H3;1H/t17-;/m1./s1/i2D3,3D3,4D3;. The summed E-state index contributed by atoms with van der Waals surface area (Å²) in [5.41, 5.74) is 0. The van der Waals surface area contributed by atoms with E-state index in [4.69, 9.17) is 22.2 Å². The molecule has 0 fully saturated rings. The zero-order valence-corrected chi connectivity index (χ0v) is 15.8. The number of carboxylic acid groups (broad SMARTS) is 1. The van der Waals surface area contributed by atoms with E-state index in [0.717, 1.165) is 25.7 Å². The van der Waals surface area contributed by atoms with Crippen LogP contribution in [0.15, 0.2) is 0 Å². The molecule has 0 saturated heterocycles. The quantitative estimate of drug-likeness (QED) is 0.258. The van der Waals surface area contributed by atoms with Crippen LogP contribution in [0.5, 0.6) is 0 Å². The highest BCUT2D eigenvalue weighted by Crippen LogP contribution is 2.12. The molecule has 150 valence electrons. The number of nitrogens with zero attached hydrogens (tertiary/aromatic N) is 1. The van der Waals surface area contributed by atoms with Crippen molar-refractivity contribution in [3.05, 3.63) is 0 Å². The first kappa shape index (κ1) is 13.4. The normalized spacial score (nSPS) is 19.2. The highest BCUT2D eigenvalue weighted by Gasteiger charge is 2.24. The van der Waals surface area contributed by atoms with E-state index in [1.54, 1.807) is 0 Å². The smallest absolute Gasteiger partial charge is 0.307 e. The average molecular weight is 389 g/mol. The van der Waals surface area contributed by atoms with Gasteiger partial charge in [0.1, 0.15) is 6.54 Å². The van der Waals surface area contributed by atoms with Gasteiger partial charge in [0.25, 0.3) is 0 Å². The van der Waals surface area contributed by atoms with E-state index in [9.17, 15) is 9.59 Å². The number of rotatable bonds is 15. The monoisotopic (exact) mass is 388 g/mol. The molecule has 0 aliphatic rings. The zero-order chi connectivity index (χ0) is 25.9. The summed E-state index contributed by atoms with van der Waals surface area (Å²) in [6.07, 6.45) is 6.39. The number of likely N-dealkylation sites (N-methyl/N-ethyl adjacent to an activating group) is 1. The van der Waals surface area contributed by atoms with Gasteiger partial charge in [0.05, 0.1) is 39.7 Å². The molecule has 0 saturated carbocycles. The number of carbonyl (C=O) groups is 2. The number of ether oxygens (including phenoxy) is 1. The molecule has 0 radical (unpaired) electrons. The van der Waals surface area contributed by atoms with Gasteiger partial charge < -0.3 is 26.7 Å².